The Bertz CT molecular complexity index is 1380. The van der Waals surface area contributed by atoms with Gasteiger partial charge in [-0.3, -0.25) is 9.59 Å². The van der Waals surface area contributed by atoms with Gasteiger partial charge >= 0.3 is 0 Å². The molecule has 4 heteroatoms. The molecule has 1 heterocycles. The molecule has 0 unspecified atom stereocenters. The molecule has 2 amide bonds. The SMILES string of the molecule is O=C1[C@@H]2C3c4ccccc4C(c4ccccc43)[C@@H]2C(=O)N1/N=C\c1cccc2ccccc12. The highest BCUT2D eigenvalue weighted by Crippen LogP contribution is 2.60. The first-order valence-corrected chi connectivity index (χ1v) is 11.3. The van der Waals surface area contributed by atoms with Crippen LogP contribution < -0.4 is 0 Å². The Hall–Kier alpha value is -4.05. The number of imide groups is 1. The molecule has 4 aromatic rings. The van der Waals surface area contributed by atoms with E-state index in [1.54, 1.807) is 6.21 Å². The average molecular weight is 428 g/mol. The molecule has 33 heavy (non-hydrogen) atoms. The number of carbonyl (C=O) groups excluding carboxylic acids is 2. The van der Waals surface area contributed by atoms with Gasteiger partial charge in [0.2, 0.25) is 0 Å². The molecule has 2 atom stereocenters. The minimum Gasteiger partial charge on any atom is -0.272 e. The third kappa shape index (κ3) is 2.43. The molecule has 0 radical (unpaired) electrons. The van der Waals surface area contributed by atoms with Crippen molar-refractivity contribution in [3.05, 3.63) is 119 Å². The lowest BCUT2D eigenvalue weighted by molar-refractivity contribution is -0.139. The molecule has 2 bridgehead atoms. The van der Waals surface area contributed by atoms with Crippen LogP contribution in [0.1, 0.15) is 39.7 Å². The van der Waals surface area contributed by atoms with Gasteiger partial charge in [0.05, 0.1) is 18.1 Å². The van der Waals surface area contributed by atoms with Gasteiger partial charge in [0.25, 0.3) is 11.8 Å². The molecule has 3 aliphatic carbocycles. The van der Waals surface area contributed by atoms with Crippen molar-refractivity contribution >= 4 is 28.8 Å². The number of benzene rings is 4. The first kappa shape index (κ1) is 18.5. The number of fused-ring (bicyclic) bond motifs is 1. The highest BCUT2D eigenvalue weighted by atomic mass is 16.2. The largest absolute Gasteiger partial charge is 0.272 e. The van der Waals surface area contributed by atoms with Gasteiger partial charge in [0.1, 0.15) is 0 Å². The lowest BCUT2D eigenvalue weighted by atomic mass is 9.55. The first-order valence-electron chi connectivity index (χ1n) is 11.3. The third-order valence-electron chi connectivity index (χ3n) is 7.56. The fraction of sp³-hybridized carbons (Fsp3) is 0.138. The number of amides is 2. The van der Waals surface area contributed by atoms with Crippen LogP contribution in [-0.2, 0) is 9.59 Å². The average Bonchev–Trinajstić information content (AvgIpc) is 3.12. The Morgan fingerprint density at radius 2 is 1.09 bits per heavy atom. The van der Waals surface area contributed by atoms with Crippen molar-refractivity contribution in [2.24, 2.45) is 16.9 Å². The Balaban J connectivity index is 1.33. The molecule has 0 aromatic heterocycles. The summed E-state index contributed by atoms with van der Waals surface area (Å²) < 4.78 is 0. The molecule has 4 nitrogen and oxygen atoms in total. The van der Waals surface area contributed by atoms with E-state index >= 15 is 0 Å². The van der Waals surface area contributed by atoms with E-state index in [2.05, 4.69) is 29.4 Å². The summed E-state index contributed by atoms with van der Waals surface area (Å²) in [4.78, 5) is 27.3. The topological polar surface area (TPSA) is 49.7 Å². The fourth-order valence-corrected chi connectivity index (χ4v) is 6.26. The number of hydrogen-bond donors (Lipinski definition) is 0. The smallest absolute Gasteiger partial charge is 0.254 e. The third-order valence-corrected chi connectivity index (χ3v) is 7.56. The summed E-state index contributed by atoms with van der Waals surface area (Å²) in [6.07, 6.45) is 1.65. The Labute approximate surface area is 191 Å². The normalized spacial score (nSPS) is 24.9. The molecular formula is C29H20N2O2. The van der Waals surface area contributed by atoms with E-state index in [4.69, 9.17) is 0 Å². The Kier molecular flexibility index (Phi) is 3.77. The predicted molar refractivity (Wildman–Crippen MR) is 127 cm³/mol. The van der Waals surface area contributed by atoms with Gasteiger partial charge in [-0.15, -0.1) is 0 Å². The van der Waals surface area contributed by atoms with Crippen molar-refractivity contribution in [3.63, 3.8) is 0 Å². The summed E-state index contributed by atoms with van der Waals surface area (Å²) in [5.74, 6) is -1.42. The van der Waals surface area contributed by atoms with Gasteiger partial charge in [0, 0.05) is 17.4 Å². The number of nitrogens with zero attached hydrogens (tertiary/aromatic N) is 2. The number of rotatable bonds is 2. The van der Waals surface area contributed by atoms with Crippen LogP contribution in [0.3, 0.4) is 0 Å². The van der Waals surface area contributed by atoms with Crippen LogP contribution >= 0.6 is 0 Å². The highest BCUT2D eigenvalue weighted by molar-refractivity contribution is 6.08. The summed E-state index contributed by atoms with van der Waals surface area (Å²) in [6.45, 7) is 0. The fourth-order valence-electron chi connectivity index (χ4n) is 6.26. The van der Waals surface area contributed by atoms with Gasteiger partial charge < -0.3 is 0 Å². The molecule has 0 N–H and O–H groups in total. The summed E-state index contributed by atoms with van der Waals surface area (Å²) in [5.41, 5.74) is 5.57. The highest BCUT2D eigenvalue weighted by Gasteiger charge is 2.61. The molecule has 8 rings (SSSR count). The molecule has 1 fully saturated rings. The minimum absolute atomic E-state index is 0.110. The van der Waals surface area contributed by atoms with Crippen LogP contribution in [0.2, 0.25) is 0 Å². The molecule has 4 aliphatic rings. The van der Waals surface area contributed by atoms with Crippen molar-refractivity contribution in [3.8, 4) is 0 Å². The minimum atomic E-state index is -0.406. The summed E-state index contributed by atoms with van der Waals surface area (Å²) in [5, 5.41) is 7.73. The van der Waals surface area contributed by atoms with E-state index in [0.29, 0.717) is 0 Å². The van der Waals surface area contributed by atoms with Crippen LogP contribution in [0.25, 0.3) is 10.8 Å². The Morgan fingerprint density at radius 3 is 1.67 bits per heavy atom. The van der Waals surface area contributed by atoms with E-state index < -0.39 is 11.8 Å². The molecular weight excluding hydrogens is 408 g/mol. The van der Waals surface area contributed by atoms with Crippen molar-refractivity contribution in [1.29, 1.82) is 0 Å². The van der Waals surface area contributed by atoms with E-state index in [1.807, 2.05) is 66.7 Å². The van der Waals surface area contributed by atoms with E-state index in [-0.39, 0.29) is 23.7 Å². The zero-order valence-corrected chi connectivity index (χ0v) is 17.8. The van der Waals surface area contributed by atoms with Crippen LogP contribution in [0.4, 0.5) is 0 Å². The maximum atomic E-state index is 13.6. The molecule has 1 saturated heterocycles. The van der Waals surface area contributed by atoms with Gasteiger partial charge in [-0.1, -0.05) is 91.0 Å². The van der Waals surface area contributed by atoms with E-state index in [1.165, 1.54) is 22.3 Å². The van der Waals surface area contributed by atoms with E-state index in [9.17, 15) is 9.59 Å². The maximum Gasteiger partial charge on any atom is 0.254 e. The monoisotopic (exact) mass is 428 g/mol. The second-order valence-corrected chi connectivity index (χ2v) is 9.07. The second-order valence-electron chi connectivity index (χ2n) is 9.07. The van der Waals surface area contributed by atoms with Crippen LogP contribution in [0.5, 0.6) is 0 Å². The molecule has 158 valence electrons. The van der Waals surface area contributed by atoms with Gasteiger partial charge in [0.15, 0.2) is 0 Å². The van der Waals surface area contributed by atoms with Gasteiger partial charge in [-0.25, -0.2) is 0 Å². The molecule has 0 spiro atoms. The van der Waals surface area contributed by atoms with Crippen molar-refractivity contribution in [2.75, 3.05) is 0 Å². The summed E-state index contributed by atoms with van der Waals surface area (Å²) in [7, 11) is 0. The zero-order chi connectivity index (χ0) is 22.1. The lowest BCUT2D eigenvalue weighted by Crippen LogP contribution is -2.41. The van der Waals surface area contributed by atoms with Crippen molar-refractivity contribution < 1.29 is 9.59 Å². The van der Waals surface area contributed by atoms with Gasteiger partial charge in [-0.05, 0) is 33.0 Å². The molecule has 0 saturated carbocycles. The number of hydrogen-bond acceptors (Lipinski definition) is 3. The van der Waals surface area contributed by atoms with Crippen LogP contribution in [0.15, 0.2) is 96.1 Å². The van der Waals surface area contributed by atoms with E-state index in [0.717, 1.165) is 21.3 Å². The zero-order valence-electron chi connectivity index (χ0n) is 17.8. The standard InChI is InChI=1S/C29H20N2O2/c32-28-26-24-20-12-3-4-13-21(20)25(23-15-6-5-14-22(23)24)27(26)29(33)31(28)30-16-18-10-7-9-17-8-1-2-11-19(17)18/h1-16,24-27H/b30-16-/t24?,25?,26-,27+. The lowest BCUT2D eigenvalue weighted by Gasteiger charge is -2.45. The van der Waals surface area contributed by atoms with Crippen molar-refractivity contribution in [2.45, 2.75) is 11.8 Å². The van der Waals surface area contributed by atoms with Crippen molar-refractivity contribution in [1.82, 2.24) is 5.01 Å². The number of carbonyl (C=O) groups is 2. The Morgan fingerprint density at radius 1 is 0.606 bits per heavy atom. The molecule has 4 aromatic carbocycles. The number of hydrazone groups is 1. The first-order chi connectivity index (χ1) is 16.2. The quantitative estimate of drug-likeness (QED) is 0.331. The van der Waals surface area contributed by atoms with Crippen LogP contribution in [0, 0.1) is 11.8 Å². The summed E-state index contributed by atoms with van der Waals surface area (Å²) in [6, 6.07) is 30.5. The van der Waals surface area contributed by atoms with Gasteiger partial charge in [-0.2, -0.15) is 10.1 Å². The predicted octanol–water partition coefficient (Wildman–Crippen LogP) is 5.07. The second kappa shape index (κ2) is 6.72. The molecule has 1 aliphatic heterocycles. The van der Waals surface area contributed by atoms with Crippen LogP contribution in [-0.4, -0.2) is 23.0 Å². The maximum absolute atomic E-state index is 13.6. The summed E-state index contributed by atoms with van der Waals surface area (Å²) >= 11 is 0.